The summed E-state index contributed by atoms with van der Waals surface area (Å²) in [6.45, 7) is 0. The largest absolute Gasteiger partial charge is 0.481 e. The highest BCUT2D eigenvalue weighted by Gasteiger charge is 2.24. The van der Waals surface area contributed by atoms with Crippen LogP contribution in [0.1, 0.15) is 40.2 Å². The number of H-pyrrole nitrogens is 1. The molecule has 3 aromatic rings. The van der Waals surface area contributed by atoms with Gasteiger partial charge in [-0.1, -0.05) is 18.2 Å². The highest BCUT2D eigenvalue weighted by molar-refractivity contribution is 5.96. The van der Waals surface area contributed by atoms with E-state index in [9.17, 15) is 34.2 Å². The van der Waals surface area contributed by atoms with Crippen molar-refractivity contribution in [1.29, 1.82) is 0 Å². The maximum atomic E-state index is 12.4. The molecule has 0 fully saturated rings. The lowest BCUT2D eigenvalue weighted by Gasteiger charge is -2.15. The van der Waals surface area contributed by atoms with Gasteiger partial charge in [-0.25, -0.2) is 9.78 Å². The van der Waals surface area contributed by atoms with Crippen LogP contribution in [0.3, 0.4) is 0 Å². The number of hydrogen-bond acceptors (Lipinski definition) is 7. The monoisotopic (exact) mass is 482 g/mol. The third kappa shape index (κ3) is 6.19. The normalized spacial score (nSPS) is 12.6. The van der Waals surface area contributed by atoms with Crippen LogP contribution in [0.15, 0.2) is 47.3 Å². The molecule has 1 aromatic heterocycles. The zero-order valence-electron chi connectivity index (χ0n) is 18.2. The topological polar surface area (TPSA) is 213 Å². The Bertz CT molecular complexity index is 1350. The molecule has 1 heterocycles. The van der Waals surface area contributed by atoms with E-state index in [4.69, 9.17) is 10.8 Å². The summed E-state index contributed by atoms with van der Waals surface area (Å²) in [5, 5.41) is 30.2. The van der Waals surface area contributed by atoms with Gasteiger partial charge in [-0.3, -0.25) is 24.2 Å². The number of carboxylic acids is 3. The summed E-state index contributed by atoms with van der Waals surface area (Å²) in [6, 6.07) is 8.98. The number of hydrogen-bond donors (Lipinski definition) is 6. The number of aliphatic carboxylic acids is 3. The Labute approximate surface area is 197 Å². The highest BCUT2D eigenvalue weighted by atomic mass is 16.4. The van der Waals surface area contributed by atoms with E-state index in [2.05, 4.69) is 15.3 Å². The van der Waals surface area contributed by atoms with E-state index >= 15 is 0 Å². The van der Waals surface area contributed by atoms with Gasteiger partial charge in [0.25, 0.3) is 11.5 Å². The molecule has 0 spiro atoms. The Morgan fingerprint density at radius 3 is 2.29 bits per heavy atom. The van der Waals surface area contributed by atoms with Crippen molar-refractivity contribution in [2.24, 2.45) is 0 Å². The average Bonchev–Trinajstić information content (AvgIpc) is 2.79. The number of rotatable bonds is 10. The van der Waals surface area contributed by atoms with Crippen molar-refractivity contribution in [2.75, 3.05) is 5.73 Å². The Hall–Kier alpha value is -4.74. The third-order valence-electron chi connectivity index (χ3n) is 5.35. The molecule has 0 bridgehead atoms. The van der Waals surface area contributed by atoms with E-state index in [1.54, 1.807) is 18.2 Å². The van der Waals surface area contributed by atoms with Gasteiger partial charge in [-0.05, 0) is 48.2 Å². The molecule has 2 atom stereocenters. The van der Waals surface area contributed by atoms with Gasteiger partial charge >= 0.3 is 17.9 Å². The lowest BCUT2D eigenvalue weighted by Crippen LogP contribution is -2.41. The molecular weight excluding hydrogens is 460 g/mol. The van der Waals surface area contributed by atoms with Gasteiger partial charge in [-0.15, -0.1) is 0 Å². The van der Waals surface area contributed by atoms with E-state index < -0.39 is 47.8 Å². The predicted octanol–water partition coefficient (Wildman–Crippen LogP) is 0.964. The molecule has 3 rings (SSSR count). The summed E-state index contributed by atoms with van der Waals surface area (Å²) in [5.41, 5.74) is 6.51. The van der Waals surface area contributed by atoms with E-state index in [1.165, 1.54) is 24.3 Å². The molecule has 0 radical (unpaired) electrons. The molecule has 2 aromatic carbocycles. The first-order valence-electron chi connectivity index (χ1n) is 10.4. The van der Waals surface area contributed by atoms with Crippen LogP contribution in [0.4, 0.5) is 5.95 Å². The van der Waals surface area contributed by atoms with Gasteiger partial charge in [0.1, 0.15) is 6.04 Å². The number of carbonyl (C=O) groups excluding carboxylic acids is 1. The summed E-state index contributed by atoms with van der Waals surface area (Å²) in [5.74, 6) is -5.43. The Balaban J connectivity index is 1.78. The van der Waals surface area contributed by atoms with E-state index in [0.29, 0.717) is 16.6 Å². The van der Waals surface area contributed by atoms with Crippen molar-refractivity contribution in [2.45, 2.75) is 31.2 Å². The number of benzene rings is 2. The zero-order valence-corrected chi connectivity index (χ0v) is 18.2. The summed E-state index contributed by atoms with van der Waals surface area (Å²) >= 11 is 0. The van der Waals surface area contributed by atoms with Crippen LogP contribution in [0, 0.1) is 0 Å². The molecule has 2 unspecified atom stereocenters. The SMILES string of the molecule is Nc1nc2ccc(CC(C(=O)O)c3ccc(C(=O)NC(CCC(=O)O)C(=O)O)cc3)cc2c(=O)[nH]1. The maximum Gasteiger partial charge on any atom is 0.326 e. The van der Waals surface area contributed by atoms with Crippen LogP contribution in [0.2, 0.25) is 0 Å². The molecule has 0 aliphatic carbocycles. The third-order valence-corrected chi connectivity index (χ3v) is 5.35. The van der Waals surface area contributed by atoms with Crippen LogP contribution >= 0.6 is 0 Å². The number of anilines is 1. The summed E-state index contributed by atoms with van der Waals surface area (Å²) < 4.78 is 0. The first-order chi connectivity index (χ1) is 16.5. The van der Waals surface area contributed by atoms with Gasteiger partial charge in [-0.2, -0.15) is 0 Å². The Kier molecular flexibility index (Phi) is 7.44. The molecule has 182 valence electrons. The second kappa shape index (κ2) is 10.5. The van der Waals surface area contributed by atoms with Gasteiger partial charge in [0.15, 0.2) is 0 Å². The van der Waals surface area contributed by atoms with Crippen LogP contribution in [0.25, 0.3) is 10.9 Å². The van der Waals surface area contributed by atoms with Gasteiger partial charge < -0.3 is 26.4 Å². The molecule has 35 heavy (non-hydrogen) atoms. The minimum atomic E-state index is -1.38. The number of nitrogens with zero attached hydrogens (tertiary/aromatic N) is 1. The first kappa shape index (κ1) is 24.9. The number of amides is 1. The zero-order chi connectivity index (χ0) is 25.7. The summed E-state index contributed by atoms with van der Waals surface area (Å²) in [7, 11) is 0. The number of fused-ring (bicyclic) bond motifs is 1. The molecule has 1 amide bonds. The van der Waals surface area contributed by atoms with Crippen molar-refractivity contribution >= 4 is 40.7 Å². The van der Waals surface area contributed by atoms with Crippen molar-refractivity contribution in [1.82, 2.24) is 15.3 Å². The van der Waals surface area contributed by atoms with Crippen LogP contribution in [-0.4, -0.2) is 55.1 Å². The molecule has 12 nitrogen and oxygen atoms in total. The molecular formula is C23H22N4O8. The summed E-state index contributed by atoms with van der Waals surface area (Å²) in [6.07, 6.45) is -0.663. The second-order valence-electron chi connectivity index (χ2n) is 7.82. The van der Waals surface area contributed by atoms with Crippen LogP contribution in [0.5, 0.6) is 0 Å². The van der Waals surface area contributed by atoms with Gasteiger partial charge in [0.2, 0.25) is 5.95 Å². The van der Waals surface area contributed by atoms with E-state index in [1.807, 2.05) is 0 Å². The number of carbonyl (C=O) groups is 4. The van der Waals surface area contributed by atoms with Crippen LogP contribution < -0.4 is 16.6 Å². The number of aromatic nitrogens is 2. The number of nitrogens with one attached hydrogen (secondary N) is 2. The fourth-order valence-electron chi connectivity index (χ4n) is 3.55. The predicted molar refractivity (Wildman–Crippen MR) is 123 cm³/mol. The minimum Gasteiger partial charge on any atom is -0.481 e. The van der Waals surface area contributed by atoms with Crippen LogP contribution in [-0.2, 0) is 20.8 Å². The lowest BCUT2D eigenvalue weighted by atomic mass is 9.91. The first-order valence-corrected chi connectivity index (χ1v) is 10.4. The maximum absolute atomic E-state index is 12.4. The number of nitrogen functional groups attached to an aromatic ring is 1. The van der Waals surface area contributed by atoms with Crippen molar-refractivity contribution < 1.29 is 34.5 Å². The molecule has 0 saturated carbocycles. The van der Waals surface area contributed by atoms with E-state index in [-0.39, 0.29) is 29.7 Å². The van der Waals surface area contributed by atoms with Crippen molar-refractivity contribution in [3.8, 4) is 0 Å². The number of aromatic amines is 1. The lowest BCUT2D eigenvalue weighted by molar-refractivity contribution is -0.141. The molecule has 0 aliphatic rings. The molecule has 7 N–H and O–H groups in total. The van der Waals surface area contributed by atoms with Gasteiger partial charge in [0, 0.05) is 12.0 Å². The fraction of sp³-hybridized carbons (Fsp3) is 0.217. The van der Waals surface area contributed by atoms with Crippen molar-refractivity contribution in [3.05, 3.63) is 69.5 Å². The quantitative estimate of drug-likeness (QED) is 0.241. The Morgan fingerprint density at radius 1 is 1.00 bits per heavy atom. The van der Waals surface area contributed by atoms with Crippen molar-refractivity contribution in [3.63, 3.8) is 0 Å². The summed E-state index contributed by atoms with van der Waals surface area (Å²) in [4.78, 5) is 64.9. The molecule has 0 aliphatic heterocycles. The standard InChI is InChI=1S/C23H22N4O8/c24-23-26-16-6-1-11(10-15(16)20(31)27-23)9-14(21(32)33)12-2-4-13(5-3-12)19(30)25-17(22(34)35)7-8-18(28)29/h1-6,10,14,17H,7-9H2,(H,25,30)(H,28,29)(H,32,33)(H,34,35)(H3,24,26,27,31). The van der Waals surface area contributed by atoms with E-state index in [0.717, 1.165) is 0 Å². The smallest absolute Gasteiger partial charge is 0.326 e. The Morgan fingerprint density at radius 2 is 1.69 bits per heavy atom. The number of carboxylic acid groups (broad SMARTS) is 3. The van der Waals surface area contributed by atoms with Gasteiger partial charge in [0.05, 0.1) is 16.8 Å². The fourth-order valence-corrected chi connectivity index (χ4v) is 3.55. The number of nitrogens with two attached hydrogens (primary N) is 1. The molecule has 0 saturated heterocycles. The second-order valence-corrected chi connectivity index (χ2v) is 7.82. The molecule has 12 heteroatoms. The highest BCUT2D eigenvalue weighted by Crippen LogP contribution is 2.23. The minimum absolute atomic E-state index is 0.0284. The average molecular weight is 482 g/mol.